The molecule has 5 nitrogen and oxygen atoms in total. The number of nitrogens with one attached hydrogen (secondary N) is 1. The van der Waals surface area contributed by atoms with Gasteiger partial charge in [0, 0.05) is 6.42 Å². The van der Waals surface area contributed by atoms with Gasteiger partial charge in [0.25, 0.3) is 5.91 Å². The smallest absolute Gasteiger partial charge is 0.326 e. The molecule has 0 radical (unpaired) electrons. The van der Waals surface area contributed by atoms with Crippen molar-refractivity contribution in [3.05, 3.63) is 29.8 Å². The van der Waals surface area contributed by atoms with Gasteiger partial charge in [0.1, 0.15) is 11.8 Å². The molecule has 1 aromatic carbocycles. The summed E-state index contributed by atoms with van der Waals surface area (Å²) in [6.07, 6.45) is -3.76. The summed E-state index contributed by atoms with van der Waals surface area (Å²) < 4.78 is 29.7. The Labute approximate surface area is 133 Å². The molecule has 2 N–H and O–H groups in total. The molecule has 1 amide bonds. The normalized spacial score (nSPS) is 12.8. The maximum Gasteiger partial charge on any atom is 0.326 e. The second-order valence-electron chi connectivity index (χ2n) is 6.15. The van der Waals surface area contributed by atoms with E-state index in [0.29, 0.717) is 5.75 Å². The van der Waals surface area contributed by atoms with Crippen molar-refractivity contribution < 1.29 is 28.2 Å². The molecule has 0 aliphatic rings. The summed E-state index contributed by atoms with van der Waals surface area (Å²) >= 11 is 0. The van der Waals surface area contributed by atoms with E-state index in [4.69, 9.17) is 9.84 Å². The minimum Gasteiger partial charge on any atom is -0.484 e. The lowest BCUT2D eigenvalue weighted by atomic mass is 9.87. The number of hydrogen-bond donors (Lipinski definition) is 2. The maximum atomic E-state index is 12.2. The van der Waals surface area contributed by atoms with Gasteiger partial charge in [0.05, 0.1) is 0 Å². The Balaban J connectivity index is 2.54. The van der Waals surface area contributed by atoms with Crippen LogP contribution in [0.15, 0.2) is 24.3 Å². The molecule has 0 aliphatic heterocycles. The van der Waals surface area contributed by atoms with Gasteiger partial charge in [-0.25, -0.2) is 13.6 Å². The van der Waals surface area contributed by atoms with Gasteiger partial charge in [-0.1, -0.05) is 32.9 Å². The van der Waals surface area contributed by atoms with Crippen molar-refractivity contribution in [2.24, 2.45) is 0 Å². The Morgan fingerprint density at radius 2 is 1.78 bits per heavy atom. The summed E-state index contributed by atoms with van der Waals surface area (Å²) in [6.45, 7) is 5.74. The number of alkyl halides is 2. The second-order valence-corrected chi connectivity index (χ2v) is 6.15. The van der Waals surface area contributed by atoms with Gasteiger partial charge in [0.2, 0.25) is 6.43 Å². The second kappa shape index (κ2) is 7.89. The zero-order chi connectivity index (χ0) is 17.6. The van der Waals surface area contributed by atoms with Gasteiger partial charge in [-0.15, -0.1) is 0 Å². The number of amides is 1. The standard InChI is InChI=1S/C16H21F2NO4/c1-16(2,3)10-4-6-11(7-5-10)23-9-14(20)19-12(15(21)22)8-13(17)18/h4-7,12-13H,8-9H2,1-3H3,(H,19,20)(H,21,22). The highest BCUT2D eigenvalue weighted by atomic mass is 19.3. The van der Waals surface area contributed by atoms with Crippen molar-refractivity contribution in [2.45, 2.75) is 45.1 Å². The first-order chi connectivity index (χ1) is 10.6. The van der Waals surface area contributed by atoms with Crippen LogP contribution in [-0.2, 0) is 15.0 Å². The first kappa shape index (κ1) is 18.9. The fourth-order valence-electron chi connectivity index (χ4n) is 1.84. The molecule has 1 unspecified atom stereocenters. The molecule has 0 saturated heterocycles. The lowest BCUT2D eigenvalue weighted by Crippen LogP contribution is -2.44. The monoisotopic (exact) mass is 329 g/mol. The summed E-state index contributed by atoms with van der Waals surface area (Å²) in [5, 5.41) is 10.8. The molecule has 7 heteroatoms. The van der Waals surface area contributed by atoms with Crippen LogP contribution in [0.25, 0.3) is 0 Å². The molecular weight excluding hydrogens is 308 g/mol. The largest absolute Gasteiger partial charge is 0.484 e. The van der Waals surface area contributed by atoms with Crippen molar-refractivity contribution in [2.75, 3.05) is 6.61 Å². The molecule has 0 aromatic heterocycles. The summed E-state index contributed by atoms with van der Waals surface area (Å²) in [4.78, 5) is 22.4. The molecule has 1 atom stereocenters. The fourth-order valence-corrected chi connectivity index (χ4v) is 1.84. The van der Waals surface area contributed by atoms with Crippen LogP contribution in [0.2, 0.25) is 0 Å². The van der Waals surface area contributed by atoms with Crippen LogP contribution in [0.1, 0.15) is 32.8 Å². The van der Waals surface area contributed by atoms with Crippen LogP contribution in [0.3, 0.4) is 0 Å². The first-order valence-electron chi connectivity index (χ1n) is 7.13. The number of rotatable bonds is 7. The van der Waals surface area contributed by atoms with Crippen molar-refractivity contribution in [3.63, 3.8) is 0 Å². The summed E-state index contributed by atoms with van der Waals surface area (Å²) in [6, 6.07) is 5.49. The van der Waals surface area contributed by atoms with Gasteiger partial charge < -0.3 is 15.2 Å². The molecule has 0 saturated carbocycles. The van der Waals surface area contributed by atoms with Crippen molar-refractivity contribution in [1.82, 2.24) is 5.32 Å². The van der Waals surface area contributed by atoms with E-state index in [-0.39, 0.29) is 5.41 Å². The Bertz CT molecular complexity index is 538. The van der Waals surface area contributed by atoms with Gasteiger partial charge in [-0.05, 0) is 23.1 Å². The Kier molecular flexibility index (Phi) is 6.48. The molecule has 23 heavy (non-hydrogen) atoms. The van der Waals surface area contributed by atoms with Gasteiger partial charge >= 0.3 is 5.97 Å². The highest BCUT2D eigenvalue weighted by molar-refractivity contribution is 5.84. The number of ether oxygens (including phenoxy) is 1. The zero-order valence-electron chi connectivity index (χ0n) is 13.3. The maximum absolute atomic E-state index is 12.2. The minimum absolute atomic E-state index is 0.0140. The SMILES string of the molecule is CC(C)(C)c1ccc(OCC(=O)NC(CC(F)F)C(=O)O)cc1. The number of carbonyl (C=O) groups excluding carboxylic acids is 1. The number of benzene rings is 1. The molecule has 0 bridgehead atoms. The number of halogens is 2. The van der Waals surface area contributed by atoms with E-state index in [1.807, 2.05) is 17.4 Å². The van der Waals surface area contributed by atoms with E-state index in [1.54, 1.807) is 12.1 Å². The zero-order valence-corrected chi connectivity index (χ0v) is 13.3. The molecule has 1 rings (SSSR count). The van der Waals surface area contributed by atoms with Crippen LogP contribution in [0.4, 0.5) is 8.78 Å². The van der Waals surface area contributed by atoms with E-state index < -0.39 is 37.4 Å². The van der Waals surface area contributed by atoms with E-state index in [1.165, 1.54) is 0 Å². The third-order valence-corrected chi connectivity index (χ3v) is 3.14. The molecular formula is C16H21F2NO4. The fraction of sp³-hybridized carbons (Fsp3) is 0.500. The Hall–Kier alpha value is -2.18. The van der Waals surface area contributed by atoms with E-state index in [0.717, 1.165) is 5.56 Å². The van der Waals surface area contributed by atoms with Crippen LogP contribution in [-0.4, -0.2) is 36.1 Å². The van der Waals surface area contributed by atoms with Crippen molar-refractivity contribution >= 4 is 11.9 Å². The van der Waals surface area contributed by atoms with E-state index >= 15 is 0 Å². The van der Waals surface area contributed by atoms with Crippen molar-refractivity contribution in [3.8, 4) is 5.75 Å². The highest BCUT2D eigenvalue weighted by Crippen LogP contribution is 2.24. The Morgan fingerprint density at radius 1 is 1.22 bits per heavy atom. The summed E-state index contributed by atoms with van der Waals surface area (Å²) in [5.74, 6) is -1.83. The van der Waals surface area contributed by atoms with Crippen molar-refractivity contribution in [1.29, 1.82) is 0 Å². The third-order valence-electron chi connectivity index (χ3n) is 3.14. The molecule has 0 heterocycles. The average Bonchev–Trinajstić information content (AvgIpc) is 2.43. The van der Waals surface area contributed by atoms with Crippen LogP contribution < -0.4 is 10.1 Å². The van der Waals surface area contributed by atoms with Crippen LogP contribution in [0.5, 0.6) is 5.75 Å². The number of aliphatic carboxylic acids is 1. The van der Waals surface area contributed by atoms with E-state index in [2.05, 4.69) is 20.8 Å². The average molecular weight is 329 g/mol. The number of hydrogen-bond acceptors (Lipinski definition) is 3. The van der Waals surface area contributed by atoms with Crippen LogP contribution in [0, 0.1) is 0 Å². The summed E-state index contributed by atoms with van der Waals surface area (Å²) in [7, 11) is 0. The predicted molar refractivity (Wildman–Crippen MR) is 80.8 cm³/mol. The number of carbonyl (C=O) groups is 2. The lowest BCUT2D eigenvalue weighted by Gasteiger charge is -2.19. The first-order valence-corrected chi connectivity index (χ1v) is 7.13. The minimum atomic E-state index is -2.82. The van der Waals surface area contributed by atoms with E-state index in [9.17, 15) is 18.4 Å². The molecule has 0 spiro atoms. The summed E-state index contributed by atoms with van der Waals surface area (Å²) in [5.41, 5.74) is 1.08. The molecule has 128 valence electrons. The predicted octanol–water partition coefficient (Wildman–Crippen LogP) is 2.59. The highest BCUT2D eigenvalue weighted by Gasteiger charge is 2.24. The van der Waals surface area contributed by atoms with Gasteiger partial charge in [0.15, 0.2) is 6.61 Å². The topological polar surface area (TPSA) is 75.6 Å². The van der Waals surface area contributed by atoms with Gasteiger partial charge in [-0.2, -0.15) is 0 Å². The third kappa shape index (κ3) is 6.63. The van der Waals surface area contributed by atoms with Crippen LogP contribution >= 0.6 is 0 Å². The molecule has 0 fully saturated rings. The Morgan fingerprint density at radius 3 is 2.22 bits per heavy atom. The number of carboxylic acids is 1. The molecule has 1 aromatic rings. The quantitative estimate of drug-likeness (QED) is 0.806. The number of carboxylic acid groups (broad SMARTS) is 1. The van der Waals surface area contributed by atoms with Gasteiger partial charge in [-0.3, -0.25) is 4.79 Å². The lowest BCUT2D eigenvalue weighted by molar-refractivity contribution is -0.143. The molecule has 0 aliphatic carbocycles.